The summed E-state index contributed by atoms with van der Waals surface area (Å²) in [7, 11) is 2.11. The van der Waals surface area contributed by atoms with Crippen LogP contribution in [0.15, 0.2) is 0 Å². The van der Waals surface area contributed by atoms with Crippen LogP contribution in [0.25, 0.3) is 0 Å². The van der Waals surface area contributed by atoms with Crippen LogP contribution in [0.3, 0.4) is 0 Å². The van der Waals surface area contributed by atoms with Crippen LogP contribution in [0.2, 0.25) is 0 Å². The summed E-state index contributed by atoms with van der Waals surface area (Å²) in [5.41, 5.74) is 0. The van der Waals surface area contributed by atoms with Crippen molar-refractivity contribution >= 4 is 9.24 Å². The minimum Gasteiger partial charge on any atom is -1.00 e. The van der Waals surface area contributed by atoms with Crippen LogP contribution in [0.1, 0.15) is 71.1 Å². The van der Waals surface area contributed by atoms with E-state index in [1.165, 1.54) is 70.4 Å². The smallest absolute Gasteiger partial charge is 0.0526 e. The van der Waals surface area contributed by atoms with Crippen LogP contribution < -0.4 is 24.0 Å². The summed E-state index contributed by atoms with van der Waals surface area (Å²) in [5.74, 6) is 0. The number of unbranched alkanes of at least 4 members (excludes halogenated alkanes) is 9. The van der Waals surface area contributed by atoms with Gasteiger partial charge in [0.1, 0.15) is 0 Å². The molecule has 0 spiro atoms. The van der Waals surface area contributed by atoms with Crippen LogP contribution in [-0.2, 0) is 0 Å². The Kier molecular flexibility index (Phi) is 20.8. The van der Waals surface area contributed by atoms with Crippen molar-refractivity contribution in [1.29, 1.82) is 0 Å². The minimum absolute atomic E-state index is 0. The molecule has 0 aliphatic rings. The standard InChI is InChI=1S/C12H27P.HI/c1-2-3-4-5-6-7-8-9-10-11-12-13;/h2-13H2,1H3;1H. The summed E-state index contributed by atoms with van der Waals surface area (Å²) in [4.78, 5) is 0. The maximum absolute atomic E-state index is 2.28. The van der Waals surface area contributed by atoms with E-state index in [1.54, 1.807) is 0 Å². The molecule has 0 fully saturated rings. The van der Waals surface area contributed by atoms with Gasteiger partial charge in [0.05, 0.1) is 6.16 Å². The van der Waals surface area contributed by atoms with E-state index < -0.39 is 0 Å². The highest BCUT2D eigenvalue weighted by Crippen LogP contribution is 2.10. The SMILES string of the molecule is CCCCCCCCCCCC[PH3+].[I-]. The maximum atomic E-state index is 2.28. The van der Waals surface area contributed by atoms with Gasteiger partial charge in [0, 0.05) is 0 Å². The molecule has 0 aliphatic carbocycles. The summed E-state index contributed by atoms with van der Waals surface area (Å²) in [6.07, 6.45) is 16.0. The summed E-state index contributed by atoms with van der Waals surface area (Å²) in [6, 6.07) is 0. The second-order valence-electron chi connectivity index (χ2n) is 4.04. The Morgan fingerprint density at radius 2 is 1.00 bits per heavy atom. The first-order chi connectivity index (χ1) is 6.41. The van der Waals surface area contributed by atoms with Crippen LogP contribution >= 0.6 is 9.24 Å². The minimum atomic E-state index is 0. The zero-order valence-electron chi connectivity index (χ0n) is 9.86. The molecule has 0 radical (unpaired) electrons. The lowest BCUT2D eigenvalue weighted by atomic mass is 10.1. The molecule has 0 saturated heterocycles. The summed E-state index contributed by atoms with van der Waals surface area (Å²) in [5, 5.41) is 0. The highest BCUT2D eigenvalue weighted by molar-refractivity contribution is 7.16. The second kappa shape index (κ2) is 16.6. The van der Waals surface area contributed by atoms with Crippen LogP contribution in [0.4, 0.5) is 0 Å². The van der Waals surface area contributed by atoms with Crippen molar-refractivity contribution in [3.8, 4) is 0 Å². The predicted octanol–water partition coefficient (Wildman–Crippen LogP) is 1.52. The van der Waals surface area contributed by atoms with E-state index in [9.17, 15) is 0 Å². The number of hydrogen-bond donors (Lipinski definition) is 0. The topological polar surface area (TPSA) is 0 Å². The summed E-state index contributed by atoms with van der Waals surface area (Å²) >= 11 is 0. The first-order valence-corrected chi connectivity index (χ1v) is 7.21. The van der Waals surface area contributed by atoms with Gasteiger partial charge >= 0.3 is 0 Å². The molecule has 88 valence electrons. The molecule has 0 N–H and O–H groups in total. The van der Waals surface area contributed by atoms with Gasteiger partial charge in [-0.1, -0.05) is 58.3 Å². The van der Waals surface area contributed by atoms with Crippen molar-refractivity contribution in [2.75, 3.05) is 6.16 Å². The maximum Gasteiger partial charge on any atom is 0.0526 e. The van der Waals surface area contributed by atoms with Crippen molar-refractivity contribution in [3.05, 3.63) is 0 Å². The quantitative estimate of drug-likeness (QED) is 0.324. The van der Waals surface area contributed by atoms with E-state index in [1.807, 2.05) is 0 Å². The van der Waals surface area contributed by atoms with E-state index >= 15 is 0 Å². The van der Waals surface area contributed by atoms with Gasteiger partial charge in [-0.05, 0) is 22.1 Å². The van der Waals surface area contributed by atoms with Gasteiger partial charge in [-0.25, -0.2) is 0 Å². The molecule has 1 atom stereocenters. The number of hydrogen-bond acceptors (Lipinski definition) is 0. The van der Waals surface area contributed by atoms with Gasteiger partial charge < -0.3 is 24.0 Å². The van der Waals surface area contributed by atoms with Gasteiger partial charge in [-0.2, -0.15) is 0 Å². The van der Waals surface area contributed by atoms with Crippen molar-refractivity contribution in [1.82, 2.24) is 0 Å². The predicted molar refractivity (Wildman–Crippen MR) is 67.8 cm³/mol. The molecule has 0 rings (SSSR count). The van der Waals surface area contributed by atoms with Crippen molar-refractivity contribution in [2.24, 2.45) is 0 Å². The first kappa shape index (κ1) is 17.6. The third-order valence-corrected chi connectivity index (χ3v) is 3.10. The summed E-state index contributed by atoms with van der Waals surface area (Å²) < 4.78 is 0. The molecule has 0 nitrogen and oxygen atoms in total. The molecule has 0 saturated carbocycles. The molecule has 2 heteroatoms. The Labute approximate surface area is 110 Å². The van der Waals surface area contributed by atoms with Crippen molar-refractivity contribution in [3.63, 3.8) is 0 Å². The van der Waals surface area contributed by atoms with Crippen molar-refractivity contribution < 1.29 is 24.0 Å². The third-order valence-electron chi connectivity index (χ3n) is 2.60. The first-order valence-electron chi connectivity index (χ1n) is 6.21. The van der Waals surface area contributed by atoms with E-state index in [2.05, 4.69) is 16.2 Å². The van der Waals surface area contributed by atoms with Gasteiger partial charge in [0.2, 0.25) is 0 Å². The molecule has 0 aromatic heterocycles. The molecule has 0 amide bonds. The molecule has 14 heavy (non-hydrogen) atoms. The lowest BCUT2D eigenvalue weighted by molar-refractivity contribution is -0.00000286. The van der Waals surface area contributed by atoms with Crippen molar-refractivity contribution in [2.45, 2.75) is 71.1 Å². The summed E-state index contributed by atoms with van der Waals surface area (Å²) in [6.45, 7) is 2.28. The lowest BCUT2D eigenvalue weighted by Crippen LogP contribution is -3.00. The number of rotatable bonds is 10. The third kappa shape index (κ3) is 15.6. The van der Waals surface area contributed by atoms with E-state index in [4.69, 9.17) is 0 Å². The highest BCUT2D eigenvalue weighted by Gasteiger charge is 1.91. The molecule has 0 aliphatic heterocycles. The zero-order chi connectivity index (χ0) is 9.78. The largest absolute Gasteiger partial charge is 1.00 e. The van der Waals surface area contributed by atoms with Gasteiger partial charge in [0.15, 0.2) is 0 Å². The molecule has 0 aromatic carbocycles. The van der Waals surface area contributed by atoms with E-state index in [0.717, 1.165) is 0 Å². The second-order valence-corrected chi connectivity index (χ2v) is 4.74. The Hall–Kier alpha value is 1.16. The molecule has 0 aromatic rings. The Morgan fingerprint density at radius 3 is 1.36 bits per heavy atom. The molecular formula is C12H28IP. The van der Waals surface area contributed by atoms with Gasteiger partial charge in [0.25, 0.3) is 0 Å². The van der Waals surface area contributed by atoms with E-state index in [0.29, 0.717) is 0 Å². The van der Waals surface area contributed by atoms with Gasteiger partial charge in [-0.3, -0.25) is 0 Å². The molecule has 1 unspecified atom stereocenters. The molecule has 0 heterocycles. The zero-order valence-corrected chi connectivity index (χ0v) is 13.4. The fourth-order valence-electron chi connectivity index (χ4n) is 1.66. The van der Waals surface area contributed by atoms with Crippen LogP contribution in [0, 0.1) is 0 Å². The fourth-order valence-corrected chi connectivity index (χ4v) is 2.02. The average Bonchev–Trinajstić information content (AvgIpc) is 2.16. The van der Waals surface area contributed by atoms with E-state index in [-0.39, 0.29) is 24.0 Å². The molecular weight excluding hydrogens is 302 g/mol. The Bertz CT molecular complexity index is 76.4. The average molecular weight is 330 g/mol. The fraction of sp³-hybridized carbons (Fsp3) is 1.00. The lowest BCUT2D eigenvalue weighted by Gasteiger charge is -2.00. The van der Waals surface area contributed by atoms with Crippen LogP contribution in [-0.4, -0.2) is 6.16 Å². The Balaban J connectivity index is 0. The number of halogens is 1. The highest BCUT2D eigenvalue weighted by atomic mass is 127. The normalized spacial score (nSPS) is 10.1. The molecule has 0 bridgehead atoms. The Morgan fingerprint density at radius 1 is 0.643 bits per heavy atom. The van der Waals surface area contributed by atoms with Crippen LogP contribution in [0.5, 0.6) is 0 Å². The van der Waals surface area contributed by atoms with Gasteiger partial charge in [-0.15, -0.1) is 0 Å². The monoisotopic (exact) mass is 330 g/mol.